The lowest BCUT2D eigenvalue weighted by molar-refractivity contribution is -0.139. The number of alkyl halides is 3. The molecule has 1 aliphatic carbocycles. The maximum absolute atomic E-state index is 15.4. The van der Waals surface area contributed by atoms with Crippen LogP contribution in [0.25, 0.3) is 0 Å². The summed E-state index contributed by atoms with van der Waals surface area (Å²) in [5, 5.41) is 9.94. The molecule has 0 saturated heterocycles. The second-order valence-electron chi connectivity index (χ2n) is 10.6. The van der Waals surface area contributed by atoms with Crippen LogP contribution in [-0.4, -0.2) is 38.8 Å². The first kappa shape index (κ1) is 30.6. The molecule has 0 unspecified atom stereocenters. The van der Waals surface area contributed by atoms with Crippen LogP contribution in [0.3, 0.4) is 0 Å². The first-order valence-electron chi connectivity index (χ1n) is 13.4. The number of rotatable bonds is 8. The first-order valence-corrected chi connectivity index (χ1v) is 13.4. The molecular formula is C30H29F4N3O5. The number of pyridine rings is 2. The number of hydrogen-bond donors (Lipinski definition) is 1. The van der Waals surface area contributed by atoms with Gasteiger partial charge in [0.25, 0.3) is 0 Å². The Balaban J connectivity index is 1.72. The molecule has 0 atom stereocenters. The third-order valence-corrected chi connectivity index (χ3v) is 7.21. The van der Waals surface area contributed by atoms with Crippen LogP contribution in [-0.2, 0) is 11.0 Å². The van der Waals surface area contributed by atoms with Crippen molar-refractivity contribution < 1.29 is 41.8 Å². The number of aromatic nitrogens is 2. The monoisotopic (exact) mass is 587 g/mol. The summed E-state index contributed by atoms with van der Waals surface area (Å²) >= 11 is 0. The Bertz CT molecular complexity index is 1490. The van der Waals surface area contributed by atoms with Gasteiger partial charge in [-0.2, -0.15) is 13.2 Å². The fraction of sp³-hybridized carbons (Fsp3) is 0.367. The maximum Gasteiger partial charge on any atom is 0.421 e. The molecular weight excluding hydrogens is 558 g/mol. The molecule has 12 heteroatoms. The van der Waals surface area contributed by atoms with Gasteiger partial charge in [0.15, 0.2) is 17.3 Å². The summed E-state index contributed by atoms with van der Waals surface area (Å²) in [6.45, 7) is 5.40. The molecule has 222 valence electrons. The lowest BCUT2D eigenvalue weighted by Crippen LogP contribution is -2.43. The molecule has 1 aromatic carbocycles. The van der Waals surface area contributed by atoms with Crippen molar-refractivity contribution in [2.24, 2.45) is 11.8 Å². The summed E-state index contributed by atoms with van der Waals surface area (Å²) in [5.74, 6) is -5.68. The molecule has 2 heterocycles. The van der Waals surface area contributed by atoms with E-state index in [-0.39, 0.29) is 23.1 Å². The summed E-state index contributed by atoms with van der Waals surface area (Å²) in [6.07, 6.45) is 1.25. The minimum Gasteiger partial charge on any atom is -0.478 e. The Morgan fingerprint density at radius 1 is 1.05 bits per heavy atom. The van der Waals surface area contributed by atoms with Gasteiger partial charge in [0, 0.05) is 53.8 Å². The van der Waals surface area contributed by atoms with Crippen molar-refractivity contribution in [1.82, 2.24) is 9.97 Å². The highest BCUT2D eigenvalue weighted by atomic mass is 19.4. The molecule has 1 fully saturated rings. The van der Waals surface area contributed by atoms with Gasteiger partial charge in [0.1, 0.15) is 5.56 Å². The van der Waals surface area contributed by atoms with E-state index in [1.54, 1.807) is 13.8 Å². The molecule has 8 nitrogen and oxygen atoms in total. The van der Waals surface area contributed by atoms with Crippen molar-refractivity contribution in [1.29, 1.82) is 0 Å². The number of hydrogen-bond acceptors (Lipinski definition) is 6. The van der Waals surface area contributed by atoms with E-state index in [1.165, 1.54) is 29.4 Å². The van der Waals surface area contributed by atoms with Gasteiger partial charge in [-0.15, -0.1) is 0 Å². The smallest absolute Gasteiger partial charge is 0.421 e. The van der Waals surface area contributed by atoms with Gasteiger partial charge in [-0.05, 0) is 63.6 Å². The molecule has 0 aliphatic heterocycles. The summed E-state index contributed by atoms with van der Waals surface area (Å²) < 4.78 is 62.5. The van der Waals surface area contributed by atoms with E-state index in [0.717, 1.165) is 31.2 Å². The molecule has 0 bridgehead atoms. The number of amides is 1. The number of ketones is 1. The van der Waals surface area contributed by atoms with Gasteiger partial charge in [-0.3, -0.25) is 14.6 Å². The molecule has 42 heavy (non-hydrogen) atoms. The molecule has 1 aliphatic rings. The predicted molar refractivity (Wildman–Crippen MR) is 144 cm³/mol. The number of ether oxygens (including phenoxy) is 1. The highest BCUT2D eigenvalue weighted by Gasteiger charge is 2.38. The van der Waals surface area contributed by atoms with Crippen molar-refractivity contribution >= 4 is 23.3 Å². The molecule has 1 saturated carbocycles. The Kier molecular flexibility index (Phi) is 8.93. The lowest BCUT2D eigenvalue weighted by atomic mass is 9.82. The van der Waals surface area contributed by atoms with Gasteiger partial charge in [-0.25, -0.2) is 14.2 Å². The minimum absolute atomic E-state index is 0.0285. The first-order chi connectivity index (χ1) is 19.8. The van der Waals surface area contributed by atoms with Crippen molar-refractivity contribution in [3.63, 3.8) is 0 Å². The number of benzene rings is 1. The van der Waals surface area contributed by atoms with Crippen molar-refractivity contribution in [3.8, 4) is 11.6 Å². The van der Waals surface area contributed by atoms with Crippen molar-refractivity contribution in [2.75, 3.05) is 4.90 Å². The average Bonchev–Trinajstić information content (AvgIpc) is 2.94. The zero-order chi connectivity index (χ0) is 30.8. The quantitative estimate of drug-likeness (QED) is 0.225. The van der Waals surface area contributed by atoms with Crippen LogP contribution in [0.2, 0.25) is 0 Å². The standard InChI is InChI=1S/C30H29F4N3O5/c1-16(2)37(28(39)18-8-6-17(3)7-9-18)24-13-23(31)25(12-21(24)29(40)41)42-27-22(30(32,33)34)11-20(15-36-27)26(38)19-5-4-10-35-14-19/h4-5,10-18H,6-9H2,1-3H3,(H,40,41)/t17-,18-. The predicted octanol–water partition coefficient (Wildman–Crippen LogP) is 6.92. The van der Waals surface area contributed by atoms with Crippen LogP contribution < -0.4 is 9.64 Å². The molecule has 2 aromatic heterocycles. The van der Waals surface area contributed by atoms with Gasteiger partial charge >= 0.3 is 12.1 Å². The number of carbonyl (C=O) groups excluding carboxylic acids is 2. The zero-order valence-electron chi connectivity index (χ0n) is 23.1. The Hall–Kier alpha value is -4.35. The van der Waals surface area contributed by atoms with Gasteiger partial charge in [0.2, 0.25) is 11.8 Å². The van der Waals surface area contributed by atoms with Crippen LogP contribution in [0.5, 0.6) is 11.6 Å². The summed E-state index contributed by atoms with van der Waals surface area (Å²) in [6, 6.07) is 4.30. The highest BCUT2D eigenvalue weighted by molar-refractivity contribution is 6.08. The molecule has 0 spiro atoms. The molecule has 1 amide bonds. The SMILES string of the molecule is CC(C)N(c1cc(F)c(Oc2ncc(C(=O)c3cccnc3)cc2C(F)(F)F)cc1C(=O)O)C(=O)[C@H]1CC[C@H](C)CC1. The molecule has 1 N–H and O–H groups in total. The second-order valence-corrected chi connectivity index (χ2v) is 10.6. The van der Waals surface area contributed by atoms with E-state index in [4.69, 9.17) is 4.74 Å². The van der Waals surface area contributed by atoms with Crippen LogP contribution in [0.15, 0.2) is 48.9 Å². The number of carboxylic acids is 1. The van der Waals surface area contributed by atoms with E-state index in [9.17, 15) is 32.7 Å². The number of nitrogens with zero attached hydrogens (tertiary/aromatic N) is 3. The van der Waals surface area contributed by atoms with E-state index in [0.29, 0.717) is 24.8 Å². The maximum atomic E-state index is 15.4. The number of halogens is 4. The van der Waals surface area contributed by atoms with Crippen LogP contribution in [0, 0.1) is 17.7 Å². The Labute approximate surface area is 239 Å². The number of anilines is 1. The fourth-order valence-electron chi connectivity index (χ4n) is 4.98. The van der Waals surface area contributed by atoms with Crippen LogP contribution >= 0.6 is 0 Å². The second kappa shape index (κ2) is 12.3. The number of carbonyl (C=O) groups is 3. The lowest BCUT2D eigenvalue weighted by Gasteiger charge is -2.34. The third kappa shape index (κ3) is 6.58. The largest absolute Gasteiger partial charge is 0.478 e. The van der Waals surface area contributed by atoms with Gasteiger partial charge in [-0.1, -0.05) is 6.92 Å². The highest BCUT2D eigenvalue weighted by Crippen LogP contribution is 2.40. The molecule has 3 aromatic rings. The third-order valence-electron chi connectivity index (χ3n) is 7.21. The molecule has 0 radical (unpaired) electrons. The number of aromatic carboxylic acids is 1. The van der Waals surface area contributed by atoms with Crippen molar-refractivity contribution in [2.45, 2.75) is 58.7 Å². The van der Waals surface area contributed by atoms with E-state index < -0.39 is 58.1 Å². The summed E-state index contributed by atoms with van der Waals surface area (Å²) in [4.78, 5) is 47.0. The minimum atomic E-state index is -5.06. The normalized spacial score (nSPS) is 17.1. The van der Waals surface area contributed by atoms with Crippen molar-refractivity contribution in [3.05, 3.63) is 77.0 Å². The summed E-state index contributed by atoms with van der Waals surface area (Å²) in [5.41, 5.74) is -2.61. The summed E-state index contributed by atoms with van der Waals surface area (Å²) in [7, 11) is 0. The van der Waals surface area contributed by atoms with E-state index in [2.05, 4.69) is 16.9 Å². The fourth-order valence-corrected chi connectivity index (χ4v) is 4.98. The van der Waals surface area contributed by atoms with E-state index in [1.807, 2.05) is 0 Å². The van der Waals surface area contributed by atoms with E-state index >= 15 is 4.39 Å². The Morgan fingerprint density at radius 2 is 1.74 bits per heavy atom. The Morgan fingerprint density at radius 3 is 2.31 bits per heavy atom. The number of carboxylic acid groups (broad SMARTS) is 1. The zero-order valence-corrected chi connectivity index (χ0v) is 23.1. The molecule has 4 rings (SSSR count). The van der Waals surface area contributed by atoms with Crippen LogP contribution in [0.4, 0.5) is 23.2 Å². The average molecular weight is 588 g/mol. The topological polar surface area (TPSA) is 110 Å². The van der Waals surface area contributed by atoms with Gasteiger partial charge in [0.05, 0.1) is 11.3 Å². The van der Waals surface area contributed by atoms with Crippen LogP contribution in [0.1, 0.15) is 78.3 Å². The van der Waals surface area contributed by atoms with Gasteiger partial charge < -0.3 is 14.7 Å².